The second-order valence-electron chi connectivity index (χ2n) is 5.45. The number of carbonyl (C=O) groups is 1. The van der Waals surface area contributed by atoms with Crippen LogP contribution in [-0.2, 0) is 0 Å². The lowest BCUT2D eigenvalue weighted by atomic mass is 9.98. The third kappa shape index (κ3) is 3.03. The Balaban J connectivity index is 1.88. The molecule has 0 fully saturated rings. The summed E-state index contributed by atoms with van der Waals surface area (Å²) in [5.41, 5.74) is 8.22. The van der Waals surface area contributed by atoms with Crippen molar-refractivity contribution < 1.29 is 14.3 Å². The molecule has 2 N–H and O–H groups in total. The third-order valence-electron chi connectivity index (χ3n) is 4.06. The molecule has 1 aliphatic rings. The first-order chi connectivity index (χ1) is 11.6. The standard InChI is InChI=1S/C18H19N3O3/c1-23-14-7-3-12(4-8-14)16-11-17(21(20-16)18(19)22)13-5-9-15(24-2)10-6-13/h3-10,17H,11H2,1-2H3,(H2,19,22). The fourth-order valence-electron chi connectivity index (χ4n) is 2.76. The summed E-state index contributed by atoms with van der Waals surface area (Å²) in [6.45, 7) is 0. The topological polar surface area (TPSA) is 77.1 Å². The highest BCUT2D eigenvalue weighted by atomic mass is 16.5. The number of amides is 2. The first-order valence-electron chi connectivity index (χ1n) is 7.57. The quantitative estimate of drug-likeness (QED) is 0.939. The molecule has 2 amide bonds. The van der Waals surface area contributed by atoms with E-state index in [1.807, 2.05) is 48.5 Å². The maximum Gasteiger partial charge on any atom is 0.335 e. The van der Waals surface area contributed by atoms with Gasteiger partial charge in [-0.15, -0.1) is 0 Å². The molecule has 24 heavy (non-hydrogen) atoms. The molecular formula is C18H19N3O3. The Kier molecular flexibility index (Phi) is 4.37. The Hall–Kier alpha value is -3.02. The second kappa shape index (κ2) is 6.62. The number of carbonyl (C=O) groups excluding carboxylic acids is 1. The number of nitrogens with zero attached hydrogens (tertiary/aromatic N) is 2. The molecule has 1 unspecified atom stereocenters. The van der Waals surface area contributed by atoms with E-state index in [9.17, 15) is 4.79 Å². The first kappa shape index (κ1) is 15.9. The number of nitrogens with two attached hydrogens (primary N) is 1. The minimum absolute atomic E-state index is 0.217. The van der Waals surface area contributed by atoms with Crippen molar-refractivity contribution in [3.8, 4) is 11.5 Å². The summed E-state index contributed by atoms with van der Waals surface area (Å²) in [6, 6.07) is 14.4. The first-order valence-corrected chi connectivity index (χ1v) is 7.57. The minimum atomic E-state index is -0.570. The summed E-state index contributed by atoms with van der Waals surface area (Å²) in [6.07, 6.45) is 0.599. The summed E-state index contributed by atoms with van der Waals surface area (Å²) in [5, 5.41) is 5.75. The van der Waals surface area contributed by atoms with Crippen LogP contribution in [0.4, 0.5) is 4.79 Å². The maximum absolute atomic E-state index is 11.8. The van der Waals surface area contributed by atoms with Crippen molar-refractivity contribution in [3.63, 3.8) is 0 Å². The molecule has 0 saturated carbocycles. The number of methoxy groups -OCH3 is 2. The number of rotatable bonds is 4. The fourth-order valence-corrected chi connectivity index (χ4v) is 2.76. The van der Waals surface area contributed by atoms with Gasteiger partial charge < -0.3 is 15.2 Å². The molecule has 6 nitrogen and oxygen atoms in total. The van der Waals surface area contributed by atoms with Crippen molar-refractivity contribution in [3.05, 3.63) is 59.7 Å². The summed E-state index contributed by atoms with van der Waals surface area (Å²) < 4.78 is 10.3. The van der Waals surface area contributed by atoms with Crippen molar-refractivity contribution in [1.29, 1.82) is 0 Å². The van der Waals surface area contributed by atoms with Crippen molar-refractivity contribution in [2.45, 2.75) is 12.5 Å². The Labute approximate surface area is 140 Å². The van der Waals surface area contributed by atoms with Gasteiger partial charge in [-0.25, -0.2) is 9.80 Å². The van der Waals surface area contributed by atoms with Gasteiger partial charge in [-0.1, -0.05) is 12.1 Å². The number of hydrogen-bond donors (Lipinski definition) is 1. The third-order valence-corrected chi connectivity index (χ3v) is 4.06. The molecule has 0 aromatic heterocycles. The van der Waals surface area contributed by atoms with Crippen LogP contribution in [0.3, 0.4) is 0 Å². The summed E-state index contributed by atoms with van der Waals surface area (Å²) >= 11 is 0. The van der Waals surface area contributed by atoms with Gasteiger partial charge in [-0.2, -0.15) is 5.10 Å². The summed E-state index contributed by atoms with van der Waals surface area (Å²) in [4.78, 5) is 11.8. The van der Waals surface area contributed by atoms with Gasteiger partial charge in [0.2, 0.25) is 0 Å². The van der Waals surface area contributed by atoms with Crippen LogP contribution in [0.2, 0.25) is 0 Å². The van der Waals surface area contributed by atoms with Crippen LogP contribution in [0.5, 0.6) is 11.5 Å². The highest BCUT2D eigenvalue weighted by molar-refractivity contribution is 6.03. The average Bonchev–Trinajstić information content (AvgIpc) is 3.07. The molecule has 0 aliphatic carbocycles. The lowest BCUT2D eigenvalue weighted by molar-refractivity contribution is 0.196. The van der Waals surface area contributed by atoms with E-state index in [0.717, 1.165) is 28.3 Å². The largest absolute Gasteiger partial charge is 0.497 e. The molecule has 2 aromatic carbocycles. The Bertz CT molecular complexity index is 754. The molecular weight excluding hydrogens is 306 g/mol. The van der Waals surface area contributed by atoms with Gasteiger partial charge in [0.15, 0.2) is 0 Å². The predicted molar refractivity (Wildman–Crippen MR) is 91.3 cm³/mol. The van der Waals surface area contributed by atoms with Crippen LogP contribution in [0.1, 0.15) is 23.6 Å². The van der Waals surface area contributed by atoms with Crippen LogP contribution in [-0.4, -0.2) is 31.0 Å². The number of urea groups is 1. The smallest absolute Gasteiger partial charge is 0.335 e. The lowest BCUT2D eigenvalue weighted by Gasteiger charge is -2.20. The fraction of sp³-hybridized carbons (Fsp3) is 0.222. The Morgan fingerprint density at radius 2 is 1.58 bits per heavy atom. The van der Waals surface area contributed by atoms with E-state index in [-0.39, 0.29) is 6.04 Å². The molecule has 1 atom stereocenters. The predicted octanol–water partition coefficient (Wildman–Crippen LogP) is 2.93. The maximum atomic E-state index is 11.8. The number of hydrogen-bond acceptors (Lipinski definition) is 4. The van der Waals surface area contributed by atoms with Crippen LogP contribution >= 0.6 is 0 Å². The normalized spacial score (nSPS) is 16.7. The monoisotopic (exact) mass is 325 g/mol. The highest BCUT2D eigenvalue weighted by Crippen LogP contribution is 2.33. The lowest BCUT2D eigenvalue weighted by Crippen LogP contribution is -2.31. The molecule has 0 spiro atoms. The van der Waals surface area contributed by atoms with E-state index >= 15 is 0 Å². The molecule has 2 aromatic rings. The molecule has 6 heteroatoms. The van der Waals surface area contributed by atoms with E-state index in [1.165, 1.54) is 5.01 Å². The van der Waals surface area contributed by atoms with E-state index < -0.39 is 6.03 Å². The average molecular weight is 325 g/mol. The molecule has 124 valence electrons. The highest BCUT2D eigenvalue weighted by Gasteiger charge is 2.31. The van der Waals surface area contributed by atoms with Gasteiger partial charge in [-0.3, -0.25) is 0 Å². The van der Waals surface area contributed by atoms with Crippen LogP contribution in [0, 0.1) is 0 Å². The van der Waals surface area contributed by atoms with Gasteiger partial charge in [0.1, 0.15) is 11.5 Å². The van der Waals surface area contributed by atoms with Crippen LogP contribution in [0.15, 0.2) is 53.6 Å². The summed E-state index contributed by atoms with van der Waals surface area (Å²) in [7, 11) is 3.24. The van der Waals surface area contributed by atoms with Crippen molar-refractivity contribution in [2.75, 3.05) is 14.2 Å². The van der Waals surface area contributed by atoms with Gasteiger partial charge in [0, 0.05) is 6.42 Å². The Morgan fingerprint density at radius 3 is 2.08 bits per heavy atom. The van der Waals surface area contributed by atoms with Crippen LogP contribution in [0.25, 0.3) is 0 Å². The zero-order valence-corrected chi connectivity index (χ0v) is 13.6. The number of benzene rings is 2. The SMILES string of the molecule is COc1ccc(C2=NN(C(N)=O)C(c3ccc(OC)cc3)C2)cc1. The van der Waals surface area contributed by atoms with E-state index in [1.54, 1.807) is 14.2 Å². The Morgan fingerprint density at radius 1 is 1.04 bits per heavy atom. The zero-order chi connectivity index (χ0) is 17.1. The van der Waals surface area contributed by atoms with Crippen LogP contribution < -0.4 is 15.2 Å². The molecule has 1 aliphatic heterocycles. The molecule has 1 heterocycles. The van der Waals surface area contributed by atoms with Crippen molar-refractivity contribution in [1.82, 2.24) is 5.01 Å². The van der Waals surface area contributed by atoms with E-state index in [4.69, 9.17) is 15.2 Å². The molecule has 0 saturated heterocycles. The van der Waals surface area contributed by atoms with Crippen molar-refractivity contribution >= 4 is 11.7 Å². The second-order valence-corrected chi connectivity index (χ2v) is 5.45. The van der Waals surface area contributed by atoms with E-state index in [2.05, 4.69) is 5.10 Å². The minimum Gasteiger partial charge on any atom is -0.497 e. The van der Waals surface area contributed by atoms with Gasteiger partial charge >= 0.3 is 6.03 Å². The van der Waals surface area contributed by atoms with Gasteiger partial charge in [-0.05, 0) is 47.5 Å². The number of ether oxygens (including phenoxy) is 2. The van der Waals surface area contributed by atoms with Gasteiger partial charge in [0.05, 0.1) is 26.0 Å². The zero-order valence-electron chi connectivity index (χ0n) is 13.6. The molecule has 0 radical (unpaired) electrons. The number of hydrazone groups is 1. The number of primary amides is 1. The van der Waals surface area contributed by atoms with Crippen molar-refractivity contribution in [2.24, 2.45) is 10.8 Å². The van der Waals surface area contributed by atoms with Gasteiger partial charge in [0.25, 0.3) is 0 Å². The molecule has 0 bridgehead atoms. The summed E-state index contributed by atoms with van der Waals surface area (Å²) in [5.74, 6) is 1.54. The molecule has 3 rings (SSSR count). The van der Waals surface area contributed by atoms with E-state index in [0.29, 0.717) is 6.42 Å².